The number of nitrogens with one attached hydrogen (secondary N) is 1. The number of benzene rings is 2. The van der Waals surface area contributed by atoms with Crippen LogP contribution < -0.4 is 10.1 Å². The Morgan fingerprint density at radius 2 is 1.87 bits per heavy atom. The lowest BCUT2D eigenvalue weighted by Crippen LogP contribution is -2.21. The second kappa shape index (κ2) is 7.75. The number of aryl methyl sites for hydroxylation is 1. The highest BCUT2D eigenvalue weighted by Crippen LogP contribution is 2.34. The maximum Gasteiger partial charge on any atom is 0.262 e. The summed E-state index contributed by atoms with van der Waals surface area (Å²) in [4.78, 5) is 22.9. The zero-order valence-corrected chi connectivity index (χ0v) is 15.8. The molecule has 0 aliphatic heterocycles. The molecule has 23 heavy (non-hydrogen) atoms. The number of anilines is 1. The molecule has 6 heteroatoms. The van der Waals surface area contributed by atoms with E-state index in [-0.39, 0.29) is 12.5 Å². The van der Waals surface area contributed by atoms with Crippen LogP contribution in [0.5, 0.6) is 5.75 Å². The first-order valence-electron chi connectivity index (χ1n) is 6.85. The minimum atomic E-state index is -0.253. The Kier molecular flexibility index (Phi) is 5.96. The van der Waals surface area contributed by atoms with E-state index < -0.39 is 0 Å². The van der Waals surface area contributed by atoms with Gasteiger partial charge in [0, 0.05) is 11.3 Å². The Morgan fingerprint density at radius 3 is 2.48 bits per heavy atom. The van der Waals surface area contributed by atoms with Crippen molar-refractivity contribution in [3.05, 3.63) is 56.0 Å². The number of rotatable bonds is 5. The summed E-state index contributed by atoms with van der Waals surface area (Å²) in [7, 11) is 0. The van der Waals surface area contributed by atoms with Crippen LogP contribution in [0.15, 0.2) is 39.3 Å². The fourth-order valence-corrected chi connectivity index (χ4v) is 3.45. The molecule has 0 radical (unpaired) electrons. The first-order valence-corrected chi connectivity index (χ1v) is 8.44. The predicted molar refractivity (Wildman–Crippen MR) is 97.3 cm³/mol. The zero-order chi connectivity index (χ0) is 17.0. The van der Waals surface area contributed by atoms with E-state index in [0.717, 1.165) is 23.1 Å². The van der Waals surface area contributed by atoms with Crippen molar-refractivity contribution >= 4 is 49.7 Å². The van der Waals surface area contributed by atoms with Gasteiger partial charge in [-0.2, -0.15) is 0 Å². The zero-order valence-electron chi connectivity index (χ0n) is 12.7. The molecule has 2 rings (SSSR count). The van der Waals surface area contributed by atoms with Crippen LogP contribution in [0, 0.1) is 13.8 Å². The van der Waals surface area contributed by atoms with Crippen LogP contribution in [0.3, 0.4) is 0 Å². The predicted octanol–water partition coefficient (Wildman–Crippen LogP) is 4.66. The van der Waals surface area contributed by atoms with Crippen molar-refractivity contribution in [3.8, 4) is 5.75 Å². The highest BCUT2D eigenvalue weighted by Gasteiger charge is 2.12. The van der Waals surface area contributed by atoms with E-state index in [0.29, 0.717) is 20.3 Å². The van der Waals surface area contributed by atoms with Gasteiger partial charge < -0.3 is 10.1 Å². The fraction of sp³-hybridized carbons (Fsp3) is 0.176. The van der Waals surface area contributed by atoms with Gasteiger partial charge in [-0.05, 0) is 75.0 Å². The van der Waals surface area contributed by atoms with Gasteiger partial charge in [0.1, 0.15) is 12.0 Å². The van der Waals surface area contributed by atoms with E-state index in [1.54, 1.807) is 12.1 Å². The SMILES string of the molecule is Cc1cccc(NC(=O)COc2c(Br)cc(C=O)cc2Br)c1C. The van der Waals surface area contributed by atoms with Crippen molar-refractivity contribution in [2.45, 2.75) is 13.8 Å². The topological polar surface area (TPSA) is 55.4 Å². The first-order chi connectivity index (χ1) is 10.9. The van der Waals surface area contributed by atoms with Crippen molar-refractivity contribution in [1.29, 1.82) is 0 Å². The monoisotopic (exact) mass is 439 g/mol. The van der Waals surface area contributed by atoms with Crippen LogP contribution in [-0.4, -0.2) is 18.8 Å². The van der Waals surface area contributed by atoms with E-state index >= 15 is 0 Å². The normalized spacial score (nSPS) is 10.3. The van der Waals surface area contributed by atoms with Crippen LogP contribution in [0.4, 0.5) is 5.69 Å². The molecular formula is C17H15Br2NO3. The van der Waals surface area contributed by atoms with Gasteiger partial charge in [0.15, 0.2) is 6.61 Å². The van der Waals surface area contributed by atoms with Crippen molar-refractivity contribution in [2.24, 2.45) is 0 Å². The molecule has 0 aromatic heterocycles. The van der Waals surface area contributed by atoms with Gasteiger partial charge in [-0.3, -0.25) is 9.59 Å². The summed E-state index contributed by atoms with van der Waals surface area (Å²) >= 11 is 6.66. The summed E-state index contributed by atoms with van der Waals surface area (Å²) in [5.41, 5.74) is 3.42. The molecule has 120 valence electrons. The Labute approximate surface area is 151 Å². The standard InChI is InChI=1S/C17H15Br2NO3/c1-10-4-3-5-15(11(10)2)20-16(22)9-23-17-13(18)6-12(8-21)7-14(17)19/h3-8H,9H2,1-2H3,(H,20,22). The lowest BCUT2D eigenvalue weighted by Gasteiger charge is -2.13. The third kappa shape index (κ3) is 4.42. The molecule has 0 spiro atoms. The second-order valence-corrected chi connectivity index (χ2v) is 6.72. The molecule has 0 saturated carbocycles. The average Bonchev–Trinajstić information content (AvgIpc) is 2.50. The summed E-state index contributed by atoms with van der Waals surface area (Å²) in [6.45, 7) is 3.81. The van der Waals surface area contributed by atoms with E-state index in [2.05, 4.69) is 37.2 Å². The third-order valence-electron chi connectivity index (χ3n) is 3.38. The molecule has 2 aromatic carbocycles. The van der Waals surface area contributed by atoms with Gasteiger partial charge in [-0.1, -0.05) is 12.1 Å². The number of aldehydes is 1. The summed E-state index contributed by atoms with van der Waals surface area (Å²) < 4.78 is 6.76. The Balaban J connectivity index is 2.05. The molecular weight excluding hydrogens is 426 g/mol. The van der Waals surface area contributed by atoms with Crippen LogP contribution in [-0.2, 0) is 4.79 Å². The molecule has 0 saturated heterocycles. The van der Waals surface area contributed by atoms with Crippen molar-refractivity contribution < 1.29 is 14.3 Å². The van der Waals surface area contributed by atoms with E-state index in [9.17, 15) is 9.59 Å². The number of ether oxygens (including phenoxy) is 1. The van der Waals surface area contributed by atoms with E-state index in [1.165, 1.54) is 0 Å². The van der Waals surface area contributed by atoms with Crippen LogP contribution in [0.1, 0.15) is 21.5 Å². The molecule has 4 nitrogen and oxygen atoms in total. The molecule has 1 amide bonds. The van der Waals surface area contributed by atoms with Crippen molar-refractivity contribution in [3.63, 3.8) is 0 Å². The molecule has 0 unspecified atom stereocenters. The highest BCUT2D eigenvalue weighted by molar-refractivity contribution is 9.11. The summed E-state index contributed by atoms with van der Waals surface area (Å²) in [5, 5.41) is 2.83. The van der Waals surface area contributed by atoms with Crippen LogP contribution >= 0.6 is 31.9 Å². The second-order valence-electron chi connectivity index (χ2n) is 5.02. The third-order valence-corrected chi connectivity index (χ3v) is 4.56. The van der Waals surface area contributed by atoms with E-state index in [4.69, 9.17) is 4.74 Å². The Bertz CT molecular complexity index is 736. The number of hydrogen-bond acceptors (Lipinski definition) is 3. The maximum absolute atomic E-state index is 12.1. The molecule has 0 aliphatic carbocycles. The molecule has 0 atom stereocenters. The highest BCUT2D eigenvalue weighted by atomic mass is 79.9. The average molecular weight is 441 g/mol. The number of amides is 1. The van der Waals surface area contributed by atoms with Gasteiger partial charge in [0.25, 0.3) is 5.91 Å². The number of carbonyl (C=O) groups excluding carboxylic acids is 2. The molecule has 1 N–H and O–H groups in total. The Hall–Kier alpha value is -1.66. The molecule has 0 aliphatic rings. The largest absolute Gasteiger partial charge is 0.481 e. The lowest BCUT2D eigenvalue weighted by molar-refractivity contribution is -0.118. The van der Waals surface area contributed by atoms with Gasteiger partial charge in [0.2, 0.25) is 0 Å². The molecule has 0 heterocycles. The summed E-state index contributed by atoms with van der Waals surface area (Å²) in [6, 6.07) is 9.00. The Morgan fingerprint density at radius 1 is 1.22 bits per heavy atom. The van der Waals surface area contributed by atoms with Crippen molar-refractivity contribution in [2.75, 3.05) is 11.9 Å². The fourth-order valence-electron chi connectivity index (χ4n) is 2.00. The number of carbonyl (C=O) groups is 2. The lowest BCUT2D eigenvalue weighted by atomic mass is 10.1. The van der Waals surface area contributed by atoms with Crippen molar-refractivity contribution in [1.82, 2.24) is 0 Å². The minimum absolute atomic E-state index is 0.134. The van der Waals surface area contributed by atoms with Gasteiger partial charge >= 0.3 is 0 Å². The summed E-state index contributed by atoms with van der Waals surface area (Å²) in [6.07, 6.45) is 0.743. The van der Waals surface area contributed by atoms with Gasteiger partial charge in [-0.25, -0.2) is 0 Å². The quantitative estimate of drug-likeness (QED) is 0.688. The first kappa shape index (κ1) is 17.7. The molecule has 0 bridgehead atoms. The molecule has 0 fully saturated rings. The van der Waals surface area contributed by atoms with E-state index in [1.807, 2.05) is 32.0 Å². The minimum Gasteiger partial charge on any atom is -0.481 e. The molecule has 2 aromatic rings. The summed E-state index contributed by atoms with van der Waals surface area (Å²) in [5.74, 6) is 0.226. The number of halogens is 2. The number of hydrogen-bond donors (Lipinski definition) is 1. The van der Waals surface area contributed by atoms with Gasteiger partial charge in [0.05, 0.1) is 8.95 Å². The maximum atomic E-state index is 12.1. The van der Waals surface area contributed by atoms with Crippen LogP contribution in [0.25, 0.3) is 0 Å². The van der Waals surface area contributed by atoms with Crippen LogP contribution in [0.2, 0.25) is 0 Å². The van der Waals surface area contributed by atoms with Gasteiger partial charge in [-0.15, -0.1) is 0 Å². The smallest absolute Gasteiger partial charge is 0.262 e.